The molecule has 1 heterocycles. The number of hydrogen-bond donors (Lipinski definition) is 2. The fraction of sp³-hybridized carbons (Fsp3) is 0.429. The van der Waals surface area contributed by atoms with Gasteiger partial charge in [-0.25, -0.2) is 10.2 Å². The van der Waals surface area contributed by atoms with E-state index in [0.29, 0.717) is 12.3 Å². The minimum Gasteiger partial charge on any atom is -0.398 e. The first-order valence-electron chi connectivity index (χ1n) is 7.19. The van der Waals surface area contributed by atoms with Crippen molar-refractivity contribution >= 4 is 18.0 Å². The Morgan fingerprint density at radius 3 is 2.91 bits per heavy atom. The van der Waals surface area contributed by atoms with E-state index in [2.05, 4.69) is 10.5 Å². The summed E-state index contributed by atoms with van der Waals surface area (Å²) in [5.41, 5.74) is 2.74. The normalized spacial score (nSPS) is 15.6. The molecule has 0 atom stereocenters. The third-order valence-corrected chi connectivity index (χ3v) is 3.42. The van der Waals surface area contributed by atoms with Gasteiger partial charge in [-0.1, -0.05) is 12.1 Å². The molecular formula is C14H19N4O4+. The maximum Gasteiger partial charge on any atom is 0.432 e. The van der Waals surface area contributed by atoms with Crippen LogP contribution in [0.25, 0.3) is 0 Å². The van der Waals surface area contributed by atoms with Crippen molar-refractivity contribution in [3.05, 3.63) is 39.9 Å². The number of carbonyl (C=O) groups excluding carboxylic acids is 1. The van der Waals surface area contributed by atoms with E-state index >= 15 is 0 Å². The quantitative estimate of drug-likeness (QED) is 0.475. The highest BCUT2D eigenvalue weighted by molar-refractivity contribution is 5.81. The van der Waals surface area contributed by atoms with Gasteiger partial charge >= 0.3 is 6.09 Å². The number of hydrazone groups is 1. The van der Waals surface area contributed by atoms with E-state index in [4.69, 9.17) is 4.74 Å². The number of nitrogens with one attached hydrogen (secondary N) is 2. The molecule has 1 fully saturated rings. The summed E-state index contributed by atoms with van der Waals surface area (Å²) in [6, 6.07) is 5.97. The monoisotopic (exact) mass is 307 g/mol. The van der Waals surface area contributed by atoms with E-state index in [0.717, 1.165) is 25.9 Å². The van der Waals surface area contributed by atoms with Crippen LogP contribution in [0, 0.1) is 10.1 Å². The third kappa shape index (κ3) is 5.13. The highest BCUT2D eigenvalue weighted by Gasteiger charge is 2.14. The van der Waals surface area contributed by atoms with E-state index in [-0.39, 0.29) is 5.69 Å². The molecule has 0 bridgehead atoms. The van der Waals surface area contributed by atoms with Gasteiger partial charge in [-0.15, -0.1) is 0 Å². The number of likely N-dealkylation sites (tertiary alicyclic amines) is 1. The van der Waals surface area contributed by atoms with Gasteiger partial charge in [0, 0.05) is 17.7 Å². The second-order valence-corrected chi connectivity index (χ2v) is 5.11. The SMILES string of the molecule is O=C(N/N=C\c1cccc([N+](=O)[O-])c1)OC[NH+]1CCCCC1. The van der Waals surface area contributed by atoms with Crippen LogP contribution in [0.15, 0.2) is 29.4 Å². The Bertz CT molecular complexity index is 556. The number of rotatable bonds is 5. The number of piperidine rings is 1. The van der Waals surface area contributed by atoms with Gasteiger partial charge in [0.2, 0.25) is 6.73 Å². The number of carbonyl (C=O) groups is 1. The molecule has 22 heavy (non-hydrogen) atoms. The molecule has 1 aromatic carbocycles. The smallest absolute Gasteiger partial charge is 0.398 e. The van der Waals surface area contributed by atoms with Gasteiger partial charge in [-0.05, 0) is 19.3 Å². The van der Waals surface area contributed by atoms with Crippen molar-refractivity contribution in [1.82, 2.24) is 5.43 Å². The Labute approximate surface area is 127 Å². The zero-order chi connectivity index (χ0) is 15.8. The molecule has 1 amide bonds. The lowest BCUT2D eigenvalue weighted by atomic mass is 10.1. The van der Waals surface area contributed by atoms with E-state index in [1.54, 1.807) is 12.1 Å². The number of non-ortho nitro benzene ring substituents is 1. The summed E-state index contributed by atoms with van der Waals surface area (Å²) >= 11 is 0. The molecule has 0 saturated carbocycles. The van der Waals surface area contributed by atoms with Crippen LogP contribution in [0.4, 0.5) is 10.5 Å². The molecule has 1 aliphatic heterocycles. The topological polar surface area (TPSA) is 98.3 Å². The molecule has 0 spiro atoms. The van der Waals surface area contributed by atoms with Crippen LogP contribution in [-0.4, -0.2) is 37.1 Å². The van der Waals surface area contributed by atoms with Gasteiger partial charge in [0.15, 0.2) is 0 Å². The van der Waals surface area contributed by atoms with Crippen molar-refractivity contribution in [2.45, 2.75) is 19.3 Å². The fourth-order valence-electron chi connectivity index (χ4n) is 2.27. The molecule has 0 radical (unpaired) electrons. The molecular weight excluding hydrogens is 288 g/mol. The van der Waals surface area contributed by atoms with Crippen LogP contribution in [0.3, 0.4) is 0 Å². The number of nitro groups is 1. The highest BCUT2D eigenvalue weighted by atomic mass is 16.6. The Morgan fingerprint density at radius 2 is 2.18 bits per heavy atom. The standard InChI is InChI=1S/C14H18N4O4/c19-14(22-11-17-7-2-1-3-8-17)16-15-10-12-5-4-6-13(9-12)18(20)21/h4-6,9-10H,1-3,7-8,11H2,(H,16,19)/p+1/b15-10-. The minimum atomic E-state index is -0.625. The van der Waals surface area contributed by atoms with Crippen LogP contribution in [-0.2, 0) is 4.74 Å². The Morgan fingerprint density at radius 1 is 1.41 bits per heavy atom. The maximum atomic E-state index is 11.5. The molecule has 2 rings (SSSR count). The molecule has 0 aliphatic carbocycles. The van der Waals surface area contributed by atoms with Crippen LogP contribution in [0.1, 0.15) is 24.8 Å². The van der Waals surface area contributed by atoms with Crippen LogP contribution in [0.5, 0.6) is 0 Å². The Balaban J connectivity index is 1.75. The summed E-state index contributed by atoms with van der Waals surface area (Å²) in [4.78, 5) is 22.9. The summed E-state index contributed by atoms with van der Waals surface area (Å²) in [6.07, 6.45) is 4.27. The predicted molar refractivity (Wildman–Crippen MR) is 79.7 cm³/mol. The first kappa shape index (κ1) is 15.9. The molecule has 118 valence electrons. The average molecular weight is 307 g/mol. The van der Waals surface area contributed by atoms with Crippen LogP contribution >= 0.6 is 0 Å². The summed E-state index contributed by atoms with van der Waals surface area (Å²) in [5, 5.41) is 14.4. The number of hydrogen-bond acceptors (Lipinski definition) is 5. The predicted octanol–water partition coefficient (Wildman–Crippen LogP) is 0.681. The largest absolute Gasteiger partial charge is 0.432 e. The molecule has 1 aliphatic rings. The van der Waals surface area contributed by atoms with Crippen molar-refractivity contribution in [3.8, 4) is 0 Å². The average Bonchev–Trinajstić information content (AvgIpc) is 2.54. The van der Waals surface area contributed by atoms with Gasteiger partial charge in [-0.2, -0.15) is 5.10 Å². The van der Waals surface area contributed by atoms with E-state index in [1.807, 2.05) is 0 Å². The van der Waals surface area contributed by atoms with Crippen LogP contribution < -0.4 is 10.3 Å². The summed E-state index contributed by atoms with van der Waals surface area (Å²) < 4.78 is 5.07. The van der Waals surface area contributed by atoms with Gasteiger partial charge in [-0.3, -0.25) is 10.1 Å². The lowest BCUT2D eigenvalue weighted by molar-refractivity contribution is -0.921. The molecule has 8 nitrogen and oxygen atoms in total. The second kappa shape index (κ2) is 8.08. The molecule has 1 aromatic rings. The minimum absolute atomic E-state index is 0.0276. The first-order valence-corrected chi connectivity index (χ1v) is 7.19. The molecule has 0 aromatic heterocycles. The number of quaternary nitrogens is 1. The number of benzene rings is 1. The number of nitrogens with zero attached hydrogens (tertiary/aromatic N) is 2. The zero-order valence-corrected chi connectivity index (χ0v) is 12.2. The lowest BCUT2D eigenvalue weighted by Gasteiger charge is -2.22. The Hall–Kier alpha value is -2.48. The Kier molecular flexibility index (Phi) is 5.84. The van der Waals surface area contributed by atoms with Gasteiger partial charge in [0.25, 0.3) is 5.69 Å². The van der Waals surface area contributed by atoms with Gasteiger partial charge in [0.05, 0.1) is 24.2 Å². The van der Waals surface area contributed by atoms with Crippen molar-refractivity contribution in [1.29, 1.82) is 0 Å². The zero-order valence-electron chi connectivity index (χ0n) is 12.2. The number of ether oxygens (including phenoxy) is 1. The third-order valence-electron chi connectivity index (χ3n) is 3.42. The number of nitro benzene ring substituents is 1. The summed E-state index contributed by atoms with van der Waals surface area (Å²) in [7, 11) is 0. The van der Waals surface area contributed by atoms with Gasteiger partial charge < -0.3 is 9.64 Å². The van der Waals surface area contributed by atoms with Crippen molar-refractivity contribution in [2.24, 2.45) is 5.10 Å². The summed E-state index contributed by atoms with van der Waals surface area (Å²) in [5.74, 6) is 0. The second-order valence-electron chi connectivity index (χ2n) is 5.11. The lowest BCUT2D eigenvalue weighted by Crippen LogP contribution is -3.13. The molecule has 0 unspecified atom stereocenters. The van der Waals surface area contributed by atoms with Crippen LogP contribution in [0.2, 0.25) is 0 Å². The van der Waals surface area contributed by atoms with Crippen molar-refractivity contribution < 1.29 is 19.4 Å². The highest BCUT2D eigenvalue weighted by Crippen LogP contribution is 2.11. The van der Waals surface area contributed by atoms with Crippen molar-refractivity contribution in [3.63, 3.8) is 0 Å². The summed E-state index contributed by atoms with van der Waals surface area (Å²) in [6.45, 7) is 2.37. The molecule has 8 heteroatoms. The van der Waals surface area contributed by atoms with Gasteiger partial charge in [0.1, 0.15) is 0 Å². The van der Waals surface area contributed by atoms with Crippen molar-refractivity contribution in [2.75, 3.05) is 19.8 Å². The fourth-order valence-corrected chi connectivity index (χ4v) is 2.27. The van der Waals surface area contributed by atoms with E-state index in [1.165, 1.54) is 29.7 Å². The first-order chi connectivity index (χ1) is 10.6. The maximum absolute atomic E-state index is 11.5. The number of amides is 1. The molecule has 2 N–H and O–H groups in total. The molecule has 1 saturated heterocycles. The van der Waals surface area contributed by atoms with E-state index < -0.39 is 11.0 Å². The van der Waals surface area contributed by atoms with E-state index in [9.17, 15) is 14.9 Å².